The van der Waals surface area contributed by atoms with E-state index in [1.165, 1.54) is 31.2 Å². The van der Waals surface area contributed by atoms with Crippen LogP contribution in [0.4, 0.5) is 24.5 Å². The first-order valence-electron chi connectivity index (χ1n) is 8.97. The van der Waals surface area contributed by atoms with Crippen molar-refractivity contribution >= 4 is 27.3 Å². The number of hydrogen-bond donors (Lipinski definition) is 1. The van der Waals surface area contributed by atoms with Crippen LogP contribution in [0.15, 0.2) is 42.5 Å². The van der Waals surface area contributed by atoms with Crippen LogP contribution in [0.1, 0.15) is 12.5 Å². The predicted octanol–water partition coefficient (Wildman–Crippen LogP) is 3.27. The molecule has 1 aliphatic heterocycles. The minimum atomic E-state index is -4.57. The zero-order chi connectivity index (χ0) is 21.9. The number of fused-ring (bicyclic) bond motifs is 1. The van der Waals surface area contributed by atoms with Gasteiger partial charge in [-0.3, -0.25) is 9.10 Å². The smallest absolute Gasteiger partial charge is 0.416 e. The molecule has 1 heterocycles. The maximum atomic E-state index is 12.9. The number of hydrogen-bond acceptors (Lipinski definition) is 5. The van der Waals surface area contributed by atoms with E-state index in [1.807, 2.05) is 0 Å². The Kier molecular flexibility index (Phi) is 6.11. The van der Waals surface area contributed by atoms with Gasteiger partial charge in [-0.05, 0) is 37.3 Å². The first kappa shape index (κ1) is 21.8. The number of amides is 1. The average Bonchev–Trinajstić information content (AvgIpc) is 2.71. The number of benzene rings is 2. The van der Waals surface area contributed by atoms with E-state index in [-0.39, 0.29) is 17.1 Å². The number of ether oxygens (including phenoxy) is 2. The Hall–Kier alpha value is -2.95. The third-order valence-corrected chi connectivity index (χ3v) is 6.02. The van der Waals surface area contributed by atoms with Gasteiger partial charge in [0.25, 0.3) is 0 Å². The van der Waals surface area contributed by atoms with Crippen molar-refractivity contribution in [1.29, 1.82) is 0 Å². The number of nitrogens with one attached hydrogen (secondary N) is 1. The predicted molar refractivity (Wildman–Crippen MR) is 104 cm³/mol. The summed E-state index contributed by atoms with van der Waals surface area (Å²) in [5.74, 6) is -0.278. The number of halogens is 3. The average molecular weight is 444 g/mol. The van der Waals surface area contributed by atoms with Gasteiger partial charge in [0.1, 0.15) is 19.8 Å². The Morgan fingerprint density at radius 3 is 2.47 bits per heavy atom. The van der Waals surface area contributed by atoms with Crippen LogP contribution in [0.25, 0.3) is 0 Å². The van der Waals surface area contributed by atoms with E-state index in [1.54, 1.807) is 0 Å². The molecule has 0 atom stereocenters. The fourth-order valence-corrected chi connectivity index (χ4v) is 3.86. The number of sulfonamides is 1. The lowest BCUT2D eigenvalue weighted by Crippen LogP contribution is -2.39. The second-order valence-corrected chi connectivity index (χ2v) is 8.54. The minimum absolute atomic E-state index is 0.0918. The van der Waals surface area contributed by atoms with E-state index in [0.717, 1.165) is 22.5 Å². The molecule has 2 aromatic carbocycles. The molecular formula is C19H19F3N2O5S. The zero-order valence-corrected chi connectivity index (χ0v) is 16.7. The van der Waals surface area contributed by atoms with Gasteiger partial charge in [-0.25, -0.2) is 8.42 Å². The largest absolute Gasteiger partial charge is 0.486 e. The molecule has 0 saturated carbocycles. The Morgan fingerprint density at radius 1 is 1.10 bits per heavy atom. The van der Waals surface area contributed by atoms with E-state index in [2.05, 4.69) is 5.32 Å². The number of alkyl halides is 3. The number of carbonyl (C=O) groups excluding carboxylic acids is 1. The summed E-state index contributed by atoms with van der Waals surface area (Å²) in [6.07, 6.45) is -4.57. The van der Waals surface area contributed by atoms with Crippen molar-refractivity contribution in [2.45, 2.75) is 13.1 Å². The molecule has 1 amide bonds. The summed E-state index contributed by atoms with van der Waals surface area (Å²) in [4.78, 5) is 12.5. The highest BCUT2D eigenvalue weighted by Crippen LogP contribution is 2.35. The summed E-state index contributed by atoms with van der Waals surface area (Å²) in [6.45, 7) is 1.47. The zero-order valence-electron chi connectivity index (χ0n) is 15.9. The number of carbonyl (C=O) groups is 1. The van der Waals surface area contributed by atoms with E-state index in [0.29, 0.717) is 24.7 Å². The highest BCUT2D eigenvalue weighted by atomic mass is 32.2. The molecule has 1 N–H and O–H groups in total. The van der Waals surface area contributed by atoms with E-state index in [9.17, 15) is 26.4 Å². The molecule has 1 aliphatic rings. The van der Waals surface area contributed by atoms with Crippen LogP contribution < -0.4 is 19.1 Å². The van der Waals surface area contributed by atoms with Gasteiger partial charge in [-0.2, -0.15) is 13.2 Å². The van der Waals surface area contributed by atoms with Crippen LogP contribution in [-0.4, -0.2) is 39.8 Å². The second kappa shape index (κ2) is 8.42. The standard InChI is InChI=1S/C19H19F3N2O5S/c1-2-30(26,27)24(15-6-7-16-17(11-15)29-9-8-28-16)12-18(25)23-14-5-3-4-13(10-14)19(20,21)22/h3-7,10-11H,2,8-9,12H2,1H3,(H,23,25). The lowest BCUT2D eigenvalue weighted by atomic mass is 10.2. The molecule has 11 heteroatoms. The molecular weight excluding hydrogens is 425 g/mol. The number of anilines is 2. The molecule has 0 radical (unpaired) electrons. The van der Waals surface area contributed by atoms with Crippen LogP contribution in [-0.2, 0) is 21.0 Å². The molecule has 0 unspecified atom stereocenters. The van der Waals surface area contributed by atoms with Gasteiger partial charge in [-0.15, -0.1) is 0 Å². The highest BCUT2D eigenvalue weighted by molar-refractivity contribution is 7.92. The summed E-state index contributed by atoms with van der Waals surface area (Å²) in [7, 11) is -3.86. The van der Waals surface area contributed by atoms with Gasteiger partial charge in [0, 0.05) is 11.8 Å². The van der Waals surface area contributed by atoms with E-state index in [4.69, 9.17) is 9.47 Å². The SMILES string of the molecule is CCS(=O)(=O)N(CC(=O)Nc1cccc(C(F)(F)F)c1)c1ccc2c(c1)OCCO2. The van der Waals surface area contributed by atoms with Crippen LogP contribution in [0.2, 0.25) is 0 Å². The van der Waals surface area contributed by atoms with Gasteiger partial charge in [0.05, 0.1) is 17.0 Å². The van der Waals surface area contributed by atoms with Crippen molar-refractivity contribution in [3.8, 4) is 11.5 Å². The highest BCUT2D eigenvalue weighted by Gasteiger charge is 2.31. The van der Waals surface area contributed by atoms with Crippen LogP contribution in [0, 0.1) is 0 Å². The molecule has 0 saturated heterocycles. The third-order valence-electron chi connectivity index (χ3n) is 4.28. The van der Waals surface area contributed by atoms with Crippen molar-refractivity contribution in [2.75, 3.05) is 35.1 Å². The van der Waals surface area contributed by atoms with Gasteiger partial charge < -0.3 is 14.8 Å². The molecule has 7 nitrogen and oxygen atoms in total. The third kappa shape index (κ3) is 4.96. The normalized spacial score (nSPS) is 13.6. The van der Waals surface area contributed by atoms with Crippen molar-refractivity contribution in [2.24, 2.45) is 0 Å². The summed E-state index contributed by atoms with van der Waals surface area (Å²) >= 11 is 0. The van der Waals surface area contributed by atoms with E-state index < -0.39 is 34.2 Å². The molecule has 2 aromatic rings. The lowest BCUT2D eigenvalue weighted by molar-refractivity contribution is -0.137. The summed E-state index contributed by atoms with van der Waals surface area (Å²) in [5.41, 5.74) is -0.837. The second-order valence-electron chi connectivity index (χ2n) is 6.36. The topological polar surface area (TPSA) is 84.9 Å². The molecule has 0 aromatic heterocycles. The monoisotopic (exact) mass is 444 g/mol. The van der Waals surface area contributed by atoms with Gasteiger partial charge in [-0.1, -0.05) is 6.07 Å². The lowest BCUT2D eigenvalue weighted by Gasteiger charge is -2.25. The fourth-order valence-electron chi connectivity index (χ4n) is 2.80. The van der Waals surface area contributed by atoms with Crippen molar-refractivity contribution in [1.82, 2.24) is 0 Å². The Bertz CT molecular complexity index is 1040. The van der Waals surface area contributed by atoms with Crippen molar-refractivity contribution in [3.63, 3.8) is 0 Å². The molecule has 0 fully saturated rings. The summed E-state index contributed by atoms with van der Waals surface area (Å²) < 4.78 is 75.4. The molecule has 0 bridgehead atoms. The molecule has 3 rings (SSSR count). The Balaban J connectivity index is 1.83. The van der Waals surface area contributed by atoms with Crippen LogP contribution >= 0.6 is 0 Å². The number of nitrogens with zero attached hydrogens (tertiary/aromatic N) is 1. The van der Waals surface area contributed by atoms with Gasteiger partial charge in [0.15, 0.2) is 11.5 Å². The Labute approximate surface area is 171 Å². The van der Waals surface area contributed by atoms with Gasteiger partial charge in [0.2, 0.25) is 15.9 Å². The molecule has 0 spiro atoms. The summed E-state index contributed by atoms with van der Waals surface area (Å²) in [6, 6.07) is 8.54. The first-order valence-corrected chi connectivity index (χ1v) is 10.6. The number of rotatable bonds is 6. The van der Waals surface area contributed by atoms with Crippen LogP contribution in [0.3, 0.4) is 0 Å². The molecule has 0 aliphatic carbocycles. The first-order chi connectivity index (χ1) is 14.1. The maximum absolute atomic E-state index is 12.9. The minimum Gasteiger partial charge on any atom is -0.486 e. The van der Waals surface area contributed by atoms with E-state index >= 15 is 0 Å². The molecule has 162 valence electrons. The van der Waals surface area contributed by atoms with Gasteiger partial charge >= 0.3 is 6.18 Å². The van der Waals surface area contributed by atoms with Crippen LogP contribution in [0.5, 0.6) is 11.5 Å². The van der Waals surface area contributed by atoms with Crippen molar-refractivity contribution in [3.05, 3.63) is 48.0 Å². The quantitative estimate of drug-likeness (QED) is 0.739. The van der Waals surface area contributed by atoms with Crippen molar-refractivity contribution < 1.29 is 35.9 Å². The Morgan fingerprint density at radius 2 is 1.80 bits per heavy atom. The molecule has 30 heavy (non-hydrogen) atoms. The maximum Gasteiger partial charge on any atom is 0.416 e. The fraction of sp³-hybridized carbons (Fsp3) is 0.316. The summed E-state index contributed by atoms with van der Waals surface area (Å²) in [5, 5.41) is 2.31.